The molecule has 0 saturated carbocycles. The van der Waals surface area contributed by atoms with Gasteiger partial charge in [-0.2, -0.15) is 13.2 Å². The van der Waals surface area contributed by atoms with Crippen LogP contribution in [0.3, 0.4) is 0 Å². The Labute approximate surface area is 230 Å². The molecule has 1 unspecified atom stereocenters. The van der Waals surface area contributed by atoms with Crippen molar-refractivity contribution in [3.8, 4) is 0 Å². The van der Waals surface area contributed by atoms with Crippen LogP contribution < -0.4 is 16.3 Å². The highest BCUT2D eigenvalue weighted by molar-refractivity contribution is 6.31. The largest absolute Gasteiger partial charge is 0.416 e. The third-order valence-electron chi connectivity index (χ3n) is 6.64. The summed E-state index contributed by atoms with van der Waals surface area (Å²) < 4.78 is 96.9. The van der Waals surface area contributed by atoms with E-state index >= 15 is 0 Å². The molecular formula is C26H17ClF7N5O2. The molecule has 0 saturated heterocycles. The number of carbonyl (C=O) groups excluding carboxylic acids is 2. The number of amides is 2. The van der Waals surface area contributed by atoms with Crippen LogP contribution in [0.25, 0.3) is 11.0 Å². The number of hydrogen-bond acceptors (Lipinski definition) is 3. The highest BCUT2D eigenvalue weighted by Gasteiger charge is 2.38. The molecule has 4 aromatic rings. The molecule has 1 atom stereocenters. The van der Waals surface area contributed by atoms with Gasteiger partial charge in [-0.25, -0.2) is 17.6 Å². The minimum atomic E-state index is -4.97. The molecule has 0 bridgehead atoms. The zero-order chi connectivity index (χ0) is 30.0. The maximum Gasteiger partial charge on any atom is 0.416 e. The van der Waals surface area contributed by atoms with Gasteiger partial charge in [-0.3, -0.25) is 15.0 Å². The monoisotopic (exact) mass is 599 g/mol. The summed E-state index contributed by atoms with van der Waals surface area (Å²) >= 11 is 6.28. The van der Waals surface area contributed by atoms with E-state index in [2.05, 4.69) is 10.6 Å². The molecule has 2 heterocycles. The molecule has 1 aromatic heterocycles. The van der Waals surface area contributed by atoms with Crippen molar-refractivity contribution in [3.05, 3.63) is 92.6 Å². The second kappa shape index (κ2) is 9.94. The van der Waals surface area contributed by atoms with Gasteiger partial charge in [0.15, 0.2) is 0 Å². The Balaban J connectivity index is 1.77. The lowest BCUT2D eigenvalue weighted by atomic mass is 9.95. The Morgan fingerprint density at radius 3 is 2.49 bits per heavy atom. The predicted octanol–water partition coefficient (Wildman–Crippen LogP) is 5.76. The number of carbonyl (C=O) groups is 2. The molecule has 1 aliphatic rings. The van der Waals surface area contributed by atoms with E-state index in [9.17, 15) is 40.3 Å². The van der Waals surface area contributed by atoms with Crippen molar-refractivity contribution in [1.29, 1.82) is 5.41 Å². The van der Waals surface area contributed by atoms with E-state index in [4.69, 9.17) is 17.0 Å². The Hall–Kier alpha value is -4.33. The molecule has 15 heteroatoms. The maximum absolute atomic E-state index is 14.2. The maximum atomic E-state index is 14.2. The Morgan fingerprint density at radius 2 is 1.83 bits per heavy atom. The first-order valence-corrected chi connectivity index (χ1v) is 12.1. The number of alkyl halides is 5. The molecule has 0 radical (unpaired) electrons. The first-order valence-electron chi connectivity index (χ1n) is 11.7. The summed E-state index contributed by atoms with van der Waals surface area (Å²) in [6, 6.07) is 4.46. The molecule has 5 rings (SSSR count). The molecular weight excluding hydrogens is 583 g/mol. The van der Waals surface area contributed by atoms with Gasteiger partial charge < -0.3 is 19.8 Å². The Bertz CT molecular complexity index is 1810. The number of hydrogen-bond donors (Lipinski definition) is 3. The highest BCUT2D eigenvalue weighted by atomic mass is 35.5. The normalized spacial score (nSPS) is 15.0. The van der Waals surface area contributed by atoms with Crippen LogP contribution >= 0.6 is 11.6 Å². The summed E-state index contributed by atoms with van der Waals surface area (Å²) in [5.41, 5.74) is -3.00. The molecule has 0 fully saturated rings. The van der Waals surface area contributed by atoms with Crippen LogP contribution in [-0.4, -0.2) is 27.4 Å². The van der Waals surface area contributed by atoms with Crippen molar-refractivity contribution in [2.24, 2.45) is 7.05 Å². The summed E-state index contributed by atoms with van der Waals surface area (Å²) in [4.78, 5) is 26.5. The minimum absolute atomic E-state index is 0.0133. The second-order valence-electron chi connectivity index (χ2n) is 9.22. The fourth-order valence-electron chi connectivity index (χ4n) is 4.90. The molecule has 3 N–H and O–H groups in total. The van der Waals surface area contributed by atoms with E-state index in [1.165, 1.54) is 17.7 Å². The molecule has 0 aliphatic carbocycles. The lowest BCUT2D eigenvalue weighted by molar-refractivity contribution is -0.137. The molecule has 214 valence electrons. The van der Waals surface area contributed by atoms with Crippen molar-refractivity contribution >= 4 is 40.1 Å². The van der Waals surface area contributed by atoms with Crippen molar-refractivity contribution < 1.29 is 40.3 Å². The van der Waals surface area contributed by atoms with Gasteiger partial charge in [0, 0.05) is 34.4 Å². The van der Waals surface area contributed by atoms with Gasteiger partial charge in [-0.05, 0) is 42.5 Å². The van der Waals surface area contributed by atoms with Gasteiger partial charge in [-0.15, -0.1) is 0 Å². The lowest BCUT2D eigenvalue weighted by Gasteiger charge is -2.19. The summed E-state index contributed by atoms with van der Waals surface area (Å²) in [6.45, 7) is -0.956. The number of nitrogens with zero attached hydrogens (tertiary/aromatic N) is 2. The van der Waals surface area contributed by atoms with Gasteiger partial charge in [0.2, 0.25) is 5.62 Å². The summed E-state index contributed by atoms with van der Waals surface area (Å²) in [7, 11) is 1.35. The predicted molar refractivity (Wildman–Crippen MR) is 133 cm³/mol. The summed E-state index contributed by atoms with van der Waals surface area (Å²) in [6.07, 6.45) is -7.89. The van der Waals surface area contributed by atoms with Crippen LogP contribution in [0.5, 0.6) is 0 Å². The average molecular weight is 600 g/mol. The third kappa shape index (κ3) is 4.92. The minimum Gasteiger partial charge on any atom is -0.341 e. The second-order valence-corrected chi connectivity index (χ2v) is 9.62. The fourth-order valence-corrected chi connectivity index (χ4v) is 5.13. The zero-order valence-corrected chi connectivity index (χ0v) is 21.4. The first kappa shape index (κ1) is 28.2. The lowest BCUT2D eigenvalue weighted by Crippen LogP contribution is -2.25. The van der Waals surface area contributed by atoms with Gasteiger partial charge in [0.25, 0.3) is 18.2 Å². The molecule has 0 spiro atoms. The van der Waals surface area contributed by atoms with E-state index in [0.717, 1.165) is 22.8 Å². The number of fused-ring (bicyclic) bond motifs is 3. The number of halogens is 8. The van der Waals surface area contributed by atoms with Gasteiger partial charge >= 0.3 is 6.18 Å². The van der Waals surface area contributed by atoms with E-state index in [0.29, 0.717) is 12.1 Å². The fraction of sp³-hybridized carbons (Fsp3) is 0.192. The smallest absolute Gasteiger partial charge is 0.341 e. The van der Waals surface area contributed by atoms with E-state index in [-0.39, 0.29) is 44.5 Å². The number of anilines is 1. The van der Waals surface area contributed by atoms with Crippen LogP contribution in [0.1, 0.15) is 43.4 Å². The zero-order valence-electron chi connectivity index (χ0n) is 20.6. The van der Waals surface area contributed by atoms with Crippen molar-refractivity contribution in [1.82, 2.24) is 14.5 Å². The number of benzene rings is 3. The first-order chi connectivity index (χ1) is 19.2. The SMILES string of the molecule is Cn1c(=N)n(CC(F)F)c2cc(NC(=O)c3cc(F)cc(C(F)(F)F)c3)c3c(c21)C(=O)NC3c1cc(F)ccc1Cl. The van der Waals surface area contributed by atoms with Gasteiger partial charge in [0.1, 0.15) is 11.6 Å². The van der Waals surface area contributed by atoms with E-state index in [1.54, 1.807) is 0 Å². The third-order valence-corrected chi connectivity index (χ3v) is 6.98. The molecule has 2 amide bonds. The molecule has 1 aliphatic heterocycles. The van der Waals surface area contributed by atoms with Crippen LogP contribution in [-0.2, 0) is 19.8 Å². The highest BCUT2D eigenvalue weighted by Crippen LogP contribution is 2.43. The number of aromatic nitrogens is 2. The van der Waals surface area contributed by atoms with E-state index < -0.39 is 65.4 Å². The Kier molecular flexibility index (Phi) is 6.84. The van der Waals surface area contributed by atoms with Crippen LogP contribution in [0.15, 0.2) is 42.5 Å². The van der Waals surface area contributed by atoms with Crippen molar-refractivity contribution in [3.63, 3.8) is 0 Å². The average Bonchev–Trinajstić information content (AvgIpc) is 3.34. The van der Waals surface area contributed by atoms with Crippen LogP contribution in [0, 0.1) is 17.0 Å². The summed E-state index contributed by atoms with van der Waals surface area (Å²) in [5, 5.41) is 13.3. The number of imidazole rings is 1. The standard InChI is InChI=1S/C26H17ClF7N5O2/c1-38-22-17(39(25(38)35)9-18(30)31)8-16(36-23(40)10-4-11(26(32,33)34)6-13(29)5-10)19-20(22)24(41)37-21(19)14-7-12(28)2-3-15(14)27/h2-8,18,21,35H,9H2,1H3,(H,36,40)(H,37,41). The topological polar surface area (TPSA) is 91.9 Å². The summed E-state index contributed by atoms with van der Waals surface area (Å²) in [5.74, 6) is -4.06. The quantitative estimate of drug-likeness (QED) is 0.255. The molecule has 3 aromatic carbocycles. The van der Waals surface area contributed by atoms with Crippen LogP contribution in [0.4, 0.5) is 36.4 Å². The molecule has 41 heavy (non-hydrogen) atoms. The number of nitrogens with one attached hydrogen (secondary N) is 3. The van der Waals surface area contributed by atoms with Crippen molar-refractivity contribution in [2.75, 3.05) is 5.32 Å². The van der Waals surface area contributed by atoms with Gasteiger partial charge in [0.05, 0.1) is 34.7 Å². The van der Waals surface area contributed by atoms with Gasteiger partial charge in [-0.1, -0.05) is 11.6 Å². The Morgan fingerprint density at radius 1 is 1.12 bits per heavy atom. The number of rotatable bonds is 5. The van der Waals surface area contributed by atoms with Crippen molar-refractivity contribution in [2.45, 2.75) is 25.2 Å². The van der Waals surface area contributed by atoms with E-state index in [1.807, 2.05) is 0 Å². The molecule has 7 nitrogen and oxygen atoms in total. The number of aryl methyl sites for hydroxylation is 1. The van der Waals surface area contributed by atoms with Crippen LogP contribution in [0.2, 0.25) is 5.02 Å².